The molecule has 1 aromatic heterocycles. The number of nitro groups is 1. The summed E-state index contributed by atoms with van der Waals surface area (Å²) in [4.78, 5) is 16.5. The standard InChI is InChI=1S/C12H19N5O3/c1-7(2)8(3)16(4)12-10(17(19)20)5-9(6-14-12)11(13)15-18/h5-8,18H,1-4H3,(H2,13,15). The zero-order chi connectivity index (χ0) is 15.4. The topological polar surface area (TPSA) is 118 Å². The second-order valence-corrected chi connectivity index (χ2v) is 4.90. The molecule has 0 radical (unpaired) electrons. The summed E-state index contributed by atoms with van der Waals surface area (Å²) in [6.45, 7) is 6.02. The minimum absolute atomic E-state index is 0.0795. The molecule has 0 aliphatic carbocycles. The molecule has 20 heavy (non-hydrogen) atoms. The van der Waals surface area contributed by atoms with Crippen LogP contribution in [0.3, 0.4) is 0 Å². The number of amidine groups is 1. The van der Waals surface area contributed by atoms with E-state index in [0.29, 0.717) is 5.92 Å². The first-order valence-corrected chi connectivity index (χ1v) is 6.14. The second-order valence-electron chi connectivity index (χ2n) is 4.90. The van der Waals surface area contributed by atoms with Crippen LogP contribution in [0.15, 0.2) is 17.4 Å². The van der Waals surface area contributed by atoms with Crippen molar-refractivity contribution in [1.29, 1.82) is 0 Å². The Bertz CT molecular complexity index is 530. The summed E-state index contributed by atoms with van der Waals surface area (Å²) in [6, 6.07) is 1.33. The van der Waals surface area contributed by atoms with Crippen molar-refractivity contribution in [1.82, 2.24) is 4.98 Å². The van der Waals surface area contributed by atoms with Crippen LogP contribution in [0, 0.1) is 16.0 Å². The summed E-state index contributed by atoms with van der Waals surface area (Å²) in [5, 5.41) is 22.6. The number of hydrogen-bond donors (Lipinski definition) is 2. The first kappa shape index (κ1) is 15.7. The number of nitrogens with two attached hydrogens (primary N) is 1. The molecular weight excluding hydrogens is 262 g/mol. The van der Waals surface area contributed by atoms with Gasteiger partial charge >= 0.3 is 5.69 Å². The van der Waals surface area contributed by atoms with Gasteiger partial charge in [0.15, 0.2) is 5.84 Å². The highest BCUT2D eigenvalue weighted by atomic mass is 16.6. The third-order valence-electron chi connectivity index (χ3n) is 3.36. The van der Waals surface area contributed by atoms with Crippen LogP contribution in [-0.4, -0.2) is 34.0 Å². The highest BCUT2D eigenvalue weighted by molar-refractivity contribution is 5.97. The zero-order valence-electron chi connectivity index (χ0n) is 11.9. The molecule has 1 atom stereocenters. The largest absolute Gasteiger partial charge is 0.409 e. The molecule has 1 heterocycles. The van der Waals surface area contributed by atoms with Gasteiger partial charge in [0.25, 0.3) is 0 Å². The molecule has 0 bridgehead atoms. The number of nitrogens with zero attached hydrogens (tertiary/aromatic N) is 4. The van der Waals surface area contributed by atoms with Crippen LogP contribution in [0.5, 0.6) is 0 Å². The highest BCUT2D eigenvalue weighted by Crippen LogP contribution is 2.28. The fourth-order valence-electron chi connectivity index (χ4n) is 1.69. The van der Waals surface area contributed by atoms with Crippen molar-refractivity contribution in [3.05, 3.63) is 27.9 Å². The van der Waals surface area contributed by atoms with Crippen LogP contribution >= 0.6 is 0 Å². The molecular formula is C12H19N5O3. The fraction of sp³-hybridized carbons (Fsp3) is 0.500. The molecule has 0 fully saturated rings. The lowest BCUT2D eigenvalue weighted by Gasteiger charge is -2.28. The van der Waals surface area contributed by atoms with Crippen molar-refractivity contribution in [3.8, 4) is 0 Å². The van der Waals surface area contributed by atoms with Crippen LogP contribution < -0.4 is 10.6 Å². The number of pyridine rings is 1. The van der Waals surface area contributed by atoms with Gasteiger partial charge in [-0.3, -0.25) is 10.1 Å². The Morgan fingerprint density at radius 1 is 1.55 bits per heavy atom. The van der Waals surface area contributed by atoms with E-state index in [4.69, 9.17) is 10.9 Å². The first-order chi connectivity index (χ1) is 9.29. The third kappa shape index (κ3) is 3.14. The van der Waals surface area contributed by atoms with Crippen LogP contribution in [0.2, 0.25) is 0 Å². The smallest absolute Gasteiger partial charge is 0.312 e. The van der Waals surface area contributed by atoms with Gasteiger partial charge in [-0.2, -0.15) is 0 Å². The minimum atomic E-state index is -0.528. The van der Waals surface area contributed by atoms with Crippen molar-refractivity contribution in [2.24, 2.45) is 16.8 Å². The summed E-state index contributed by atoms with van der Waals surface area (Å²) in [7, 11) is 1.75. The van der Waals surface area contributed by atoms with Crippen molar-refractivity contribution < 1.29 is 10.1 Å². The molecule has 0 aliphatic rings. The maximum atomic E-state index is 11.2. The number of hydrogen-bond acceptors (Lipinski definition) is 6. The maximum Gasteiger partial charge on any atom is 0.312 e. The molecule has 0 amide bonds. The van der Waals surface area contributed by atoms with E-state index in [-0.39, 0.29) is 28.9 Å². The molecule has 1 unspecified atom stereocenters. The zero-order valence-corrected chi connectivity index (χ0v) is 11.9. The molecule has 8 nitrogen and oxygen atoms in total. The van der Waals surface area contributed by atoms with Crippen LogP contribution in [0.1, 0.15) is 26.3 Å². The van der Waals surface area contributed by atoms with E-state index in [1.54, 1.807) is 11.9 Å². The van der Waals surface area contributed by atoms with E-state index in [1.165, 1.54) is 12.3 Å². The van der Waals surface area contributed by atoms with Gasteiger partial charge < -0.3 is 15.8 Å². The van der Waals surface area contributed by atoms with Gasteiger partial charge in [-0.25, -0.2) is 4.98 Å². The molecule has 0 spiro atoms. The molecule has 3 N–H and O–H groups in total. The summed E-state index contributed by atoms with van der Waals surface area (Å²) in [5.74, 6) is 0.350. The third-order valence-corrected chi connectivity index (χ3v) is 3.36. The van der Waals surface area contributed by atoms with E-state index < -0.39 is 4.92 Å². The number of rotatable bonds is 5. The van der Waals surface area contributed by atoms with Crippen molar-refractivity contribution in [2.45, 2.75) is 26.8 Å². The maximum absolute atomic E-state index is 11.2. The number of anilines is 1. The average Bonchev–Trinajstić information content (AvgIpc) is 2.43. The summed E-state index contributed by atoms with van der Waals surface area (Å²) in [5.41, 5.74) is 5.45. The van der Waals surface area contributed by atoms with Crippen LogP contribution in [0.25, 0.3) is 0 Å². The van der Waals surface area contributed by atoms with Gasteiger partial charge in [0.05, 0.1) is 4.92 Å². The first-order valence-electron chi connectivity index (χ1n) is 6.14. The van der Waals surface area contributed by atoms with Gasteiger partial charge in [-0.05, 0) is 12.8 Å². The van der Waals surface area contributed by atoms with E-state index in [0.717, 1.165) is 0 Å². The van der Waals surface area contributed by atoms with Gasteiger partial charge in [-0.1, -0.05) is 19.0 Å². The van der Waals surface area contributed by atoms with Gasteiger partial charge in [0.1, 0.15) is 0 Å². The minimum Gasteiger partial charge on any atom is -0.409 e. The lowest BCUT2D eigenvalue weighted by molar-refractivity contribution is -0.384. The average molecular weight is 281 g/mol. The number of oxime groups is 1. The Labute approximate surface area is 117 Å². The van der Waals surface area contributed by atoms with E-state index in [1.807, 2.05) is 20.8 Å². The lowest BCUT2D eigenvalue weighted by atomic mass is 10.1. The Balaban J connectivity index is 3.30. The molecule has 0 aliphatic heterocycles. The van der Waals surface area contributed by atoms with Crippen LogP contribution in [-0.2, 0) is 0 Å². The summed E-state index contributed by atoms with van der Waals surface area (Å²) in [6.07, 6.45) is 1.35. The van der Waals surface area contributed by atoms with E-state index in [2.05, 4.69) is 10.1 Å². The van der Waals surface area contributed by atoms with Crippen molar-refractivity contribution >= 4 is 17.3 Å². The molecule has 8 heteroatoms. The Morgan fingerprint density at radius 3 is 2.60 bits per heavy atom. The van der Waals surface area contributed by atoms with Crippen molar-refractivity contribution in [3.63, 3.8) is 0 Å². The Hall–Kier alpha value is -2.38. The fourth-order valence-corrected chi connectivity index (χ4v) is 1.69. The Morgan fingerprint density at radius 2 is 2.15 bits per heavy atom. The summed E-state index contributed by atoms with van der Waals surface area (Å²) >= 11 is 0. The summed E-state index contributed by atoms with van der Waals surface area (Å²) < 4.78 is 0. The van der Waals surface area contributed by atoms with Crippen LogP contribution in [0.4, 0.5) is 11.5 Å². The highest BCUT2D eigenvalue weighted by Gasteiger charge is 2.24. The van der Waals surface area contributed by atoms with Gasteiger partial charge in [-0.15, -0.1) is 0 Å². The van der Waals surface area contributed by atoms with Gasteiger partial charge in [0, 0.05) is 30.9 Å². The molecule has 0 aromatic carbocycles. The predicted octanol–water partition coefficient (Wildman–Crippen LogP) is 1.56. The van der Waals surface area contributed by atoms with Gasteiger partial charge in [0.2, 0.25) is 5.82 Å². The van der Waals surface area contributed by atoms with E-state index >= 15 is 0 Å². The molecule has 110 valence electrons. The quantitative estimate of drug-likeness (QED) is 0.278. The lowest BCUT2D eigenvalue weighted by Crippen LogP contribution is -2.34. The molecule has 1 rings (SSSR count). The Kier molecular flexibility index (Phi) is 4.84. The van der Waals surface area contributed by atoms with E-state index in [9.17, 15) is 10.1 Å². The molecule has 0 saturated carbocycles. The monoisotopic (exact) mass is 281 g/mol. The SMILES string of the molecule is CC(C)C(C)N(C)c1ncc(C(N)=NO)cc1[N+](=O)[O-]. The second kappa shape index (κ2) is 6.18. The normalized spacial score (nSPS) is 13.3. The van der Waals surface area contributed by atoms with Crippen molar-refractivity contribution in [2.75, 3.05) is 11.9 Å². The molecule has 0 saturated heterocycles. The predicted molar refractivity (Wildman–Crippen MR) is 76.1 cm³/mol. The number of aromatic nitrogens is 1. The molecule has 1 aromatic rings.